The van der Waals surface area contributed by atoms with Gasteiger partial charge in [0.2, 0.25) is 6.17 Å². The molecule has 0 aromatic rings. The molecule has 0 rings (SSSR count). The zero-order valence-corrected chi connectivity index (χ0v) is 16.4. The van der Waals surface area contributed by atoms with E-state index in [1.54, 1.807) is 0 Å². The maximum Gasteiger partial charge on any atom is 1.00 e. The van der Waals surface area contributed by atoms with Crippen LogP contribution in [-0.2, 0) is 10.1 Å². The predicted octanol–water partition coefficient (Wildman–Crippen LogP) is 2.22. The Morgan fingerprint density at radius 2 is 0.771 bits per heavy atom. The molecule has 0 spiro atoms. The van der Waals surface area contributed by atoms with E-state index in [4.69, 9.17) is 0 Å². The van der Waals surface area contributed by atoms with Gasteiger partial charge in [-0.25, -0.2) is 30.4 Å². The van der Waals surface area contributed by atoms with Crippen molar-refractivity contribution in [1.29, 1.82) is 0 Å². The molecular formula is C11H4F19LiO3S. The summed E-state index contributed by atoms with van der Waals surface area (Å²) in [6.07, 6.45) is -16.2. The van der Waals surface area contributed by atoms with Gasteiger partial charge < -0.3 is 4.55 Å². The molecule has 0 saturated carbocycles. The van der Waals surface area contributed by atoms with Gasteiger partial charge in [0.15, 0.2) is 6.17 Å². The number of halogens is 19. The first-order chi connectivity index (χ1) is 14.4. The van der Waals surface area contributed by atoms with Crippen LogP contribution in [0.15, 0.2) is 0 Å². The van der Waals surface area contributed by atoms with Crippen LogP contribution >= 0.6 is 0 Å². The van der Waals surface area contributed by atoms with Crippen LogP contribution in [-0.4, -0.2) is 78.7 Å². The number of alkyl halides is 19. The van der Waals surface area contributed by atoms with Crippen molar-refractivity contribution < 1.29 is 115 Å². The molecule has 3 atom stereocenters. The van der Waals surface area contributed by atoms with Crippen LogP contribution in [0.25, 0.3) is 0 Å². The summed E-state index contributed by atoms with van der Waals surface area (Å²) >= 11 is 0. The third-order valence-electron chi connectivity index (χ3n) is 3.82. The molecule has 0 aliphatic rings. The van der Waals surface area contributed by atoms with Crippen molar-refractivity contribution in [3.8, 4) is 0 Å². The van der Waals surface area contributed by atoms with Crippen molar-refractivity contribution >= 4 is 10.1 Å². The second-order valence-corrected chi connectivity index (χ2v) is 7.51. The summed E-state index contributed by atoms with van der Waals surface area (Å²) in [5, 5.41) is 0. The Kier molecular flexibility index (Phi) is 10.2. The van der Waals surface area contributed by atoms with Gasteiger partial charge in [0.05, 0.1) is 0 Å². The minimum absolute atomic E-state index is 0. The van der Waals surface area contributed by atoms with Crippen LogP contribution in [0.4, 0.5) is 83.4 Å². The van der Waals surface area contributed by atoms with Gasteiger partial charge in [-0.1, -0.05) is 0 Å². The molecule has 24 heteroatoms. The second kappa shape index (κ2) is 9.81. The van der Waals surface area contributed by atoms with Crippen LogP contribution in [0, 0.1) is 0 Å². The Balaban J connectivity index is 0. The van der Waals surface area contributed by atoms with E-state index in [2.05, 4.69) is 0 Å². The van der Waals surface area contributed by atoms with Crippen LogP contribution < -0.4 is 18.9 Å². The number of rotatable bonds is 11. The molecule has 3 unspecified atom stereocenters. The molecule has 0 aromatic heterocycles. The zero-order valence-electron chi connectivity index (χ0n) is 15.6. The average molecular weight is 584 g/mol. The molecule has 0 aliphatic heterocycles. The Morgan fingerprint density at radius 1 is 0.514 bits per heavy atom. The van der Waals surface area contributed by atoms with E-state index in [0.717, 1.165) is 0 Å². The van der Waals surface area contributed by atoms with E-state index >= 15 is 0 Å². The van der Waals surface area contributed by atoms with E-state index in [-0.39, 0.29) is 18.9 Å². The summed E-state index contributed by atoms with van der Waals surface area (Å²) < 4.78 is 278. The molecule has 0 fully saturated rings. The second-order valence-electron chi connectivity index (χ2n) is 6.11. The van der Waals surface area contributed by atoms with Crippen molar-refractivity contribution in [3.63, 3.8) is 0 Å². The van der Waals surface area contributed by atoms with Crippen LogP contribution in [0.5, 0.6) is 0 Å². The first-order valence-corrected chi connectivity index (χ1v) is 8.69. The first kappa shape index (κ1) is 36.3. The van der Waals surface area contributed by atoms with Gasteiger partial charge in [0.1, 0.15) is 10.1 Å². The molecule has 0 aromatic carbocycles. The Morgan fingerprint density at radius 3 is 1.03 bits per heavy atom. The smallest absolute Gasteiger partial charge is 0.746 e. The van der Waals surface area contributed by atoms with Gasteiger partial charge in [-0.05, 0) is 0 Å². The van der Waals surface area contributed by atoms with Gasteiger partial charge in [-0.3, -0.25) is 0 Å². The van der Waals surface area contributed by atoms with Crippen LogP contribution in [0.1, 0.15) is 0 Å². The van der Waals surface area contributed by atoms with Gasteiger partial charge in [-0.2, -0.15) is 61.5 Å². The average Bonchev–Trinajstić information content (AvgIpc) is 2.63. The van der Waals surface area contributed by atoms with Crippen molar-refractivity contribution in [2.75, 3.05) is 0 Å². The zero-order chi connectivity index (χ0) is 28.3. The molecule has 0 N–H and O–H groups in total. The minimum Gasteiger partial charge on any atom is -0.746 e. The quantitative estimate of drug-likeness (QED) is 0.213. The molecular weight excluding hydrogens is 580 g/mol. The summed E-state index contributed by atoms with van der Waals surface area (Å²) in [5.41, 5.74) is -6.15. The first-order valence-electron chi connectivity index (χ1n) is 7.22. The van der Waals surface area contributed by atoms with E-state index in [9.17, 15) is 96.4 Å². The fourth-order valence-corrected chi connectivity index (χ4v) is 2.35. The Bertz CT molecular complexity index is 843. The van der Waals surface area contributed by atoms with Crippen LogP contribution in [0.3, 0.4) is 0 Å². The topological polar surface area (TPSA) is 57.2 Å². The van der Waals surface area contributed by atoms with E-state index in [0.29, 0.717) is 0 Å². The minimum atomic E-state index is -8.97. The molecule has 206 valence electrons. The molecule has 0 aliphatic carbocycles. The van der Waals surface area contributed by atoms with E-state index in [1.807, 2.05) is 0 Å². The summed E-state index contributed by atoms with van der Waals surface area (Å²) in [6.45, 7) is 0. The maximum atomic E-state index is 13.4. The maximum absolute atomic E-state index is 13.4. The SMILES string of the molecule is O=S(=O)([O-])C(F)C(F)(F)C(F)(F)C(F)(F)C(F)(F)C(F)(F)C(F)(F)C(F)(F)C(F)C(F)C(F)F.[Li+]. The van der Waals surface area contributed by atoms with Gasteiger partial charge in [0, 0.05) is 0 Å². The largest absolute Gasteiger partial charge is 1.00 e. The molecule has 0 saturated heterocycles. The van der Waals surface area contributed by atoms with Crippen molar-refractivity contribution in [3.05, 3.63) is 0 Å². The molecule has 0 bridgehead atoms. The third-order valence-corrected chi connectivity index (χ3v) is 4.62. The fraction of sp³-hybridized carbons (Fsp3) is 1.00. The Hall–Kier alpha value is -0.823. The molecule has 0 amide bonds. The van der Waals surface area contributed by atoms with Crippen molar-refractivity contribution in [1.82, 2.24) is 0 Å². The molecule has 0 radical (unpaired) electrons. The predicted molar refractivity (Wildman–Crippen MR) is 65.0 cm³/mol. The number of hydrogen-bond donors (Lipinski definition) is 0. The standard InChI is InChI=1S/C11H5F19O3S.Li/c12-1(3(14)15)2(13)5(17,18)7(21,22)9(25,26)11(29,30)10(27,28)8(23,24)6(19,20)4(16)34(31,32)33;/h1-4H,(H,31,32,33);/q;+1/p-1. The normalized spacial score (nSPS) is 18.2. The van der Waals surface area contributed by atoms with Gasteiger partial charge in [0.25, 0.3) is 11.9 Å². The van der Waals surface area contributed by atoms with E-state index in [1.165, 1.54) is 0 Å². The van der Waals surface area contributed by atoms with Gasteiger partial charge >= 0.3 is 60.3 Å². The van der Waals surface area contributed by atoms with E-state index < -0.39 is 75.8 Å². The molecule has 3 nitrogen and oxygen atoms in total. The summed E-state index contributed by atoms with van der Waals surface area (Å²) in [4.78, 5) is 0. The van der Waals surface area contributed by atoms with Crippen molar-refractivity contribution in [2.45, 2.75) is 65.7 Å². The molecule has 0 heterocycles. The Labute approximate surface area is 191 Å². The summed E-state index contributed by atoms with van der Waals surface area (Å²) in [6, 6.07) is 0. The van der Waals surface area contributed by atoms with Gasteiger partial charge in [-0.15, -0.1) is 0 Å². The fourth-order valence-electron chi connectivity index (χ4n) is 1.83. The summed E-state index contributed by atoms with van der Waals surface area (Å²) in [7, 11) is -7.51. The third kappa shape index (κ3) is 5.14. The van der Waals surface area contributed by atoms with Crippen molar-refractivity contribution in [2.24, 2.45) is 0 Å². The number of hydrogen-bond acceptors (Lipinski definition) is 3. The molecule has 35 heavy (non-hydrogen) atoms. The van der Waals surface area contributed by atoms with Crippen LogP contribution in [0.2, 0.25) is 0 Å². The summed E-state index contributed by atoms with van der Waals surface area (Å²) in [5.74, 6) is -59.7. The monoisotopic (exact) mass is 584 g/mol.